The van der Waals surface area contributed by atoms with Gasteiger partial charge in [0.05, 0.1) is 25.4 Å². The Kier molecular flexibility index (Phi) is 5.87. The molecule has 1 saturated heterocycles. The normalized spacial score (nSPS) is 23.8. The molecule has 1 aromatic rings. The Morgan fingerprint density at radius 3 is 2.80 bits per heavy atom. The number of rotatable bonds is 6. The third-order valence-electron chi connectivity index (χ3n) is 3.79. The van der Waals surface area contributed by atoms with Gasteiger partial charge in [0.25, 0.3) is 0 Å². The van der Waals surface area contributed by atoms with Gasteiger partial charge >= 0.3 is 0 Å². The van der Waals surface area contributed by atoms with Crippen LogP contribution in [0.4, 0.5) is 0 Å². The molecular weight excluding hydrogens is 318 g/mol. The summed E-state index contributed by atoms with van der Waals surface area (Å²) in [5, 5.41) is 3.63. The lowest BCUT2D eigenvalue weighted by molar-refractivity contribution is 0.0314. The molecule has 2 rings (SSSR count). The smallest absolute Gasteiger partial charge is 0.120 e. The molecule has 0 amide bonds. The summed E-state index contributed by atoms with van der Waals surface area (Å²) in [5.74, 6) is 0.871. The van der Waals surface area contributed by atoms with E-state index in [9.17, 15) is 0 Å². The second-order valence-electron chi connectivity index (χ2n) is 5.38. The van der Waals surface area contributed by atoms with Gasteiger partial charge in [0.2, 0.25) is 0 Å². The summed E-state index contributed by atoms with van der Waals surface area (Å²) >= 11 is 3.67. The molecule has 3 unspecified atom stereocenters. The SMILES string of the molecule is CCCNC(c1ccc(OC)cc1Br)C1CCC(C)O1. The number of benzene rings is 1. The van der Waals surface area contributed by atoms with Crippen LogP contribution < -0.4 is 10.1 Å². The zero-order valence-corrected chi connectivity index (χ0v) is 14.1. The molecule has 1 heterocycles. The average Bonchev–Trinajstić information content (AvgIpc) is 2.87. The topological polar surface area (TPSA) is 30.5 Å². The average molecular weight is 342 g/mol. The Bertz CT molecular complexity index is 438. The fraction of sp³-hybridized carbons (Fsp3) is 0.625. The second kappa shape index (κ2) is 7.43. The van der Waals surface area contributed by atoms with E-state index in [4.69, 9.17) is 9.47 Å². The molecule has 0 aliphatic carbocycles. The molecule has 4 heteroatoms. The molecule has 112 valence electrons. The number of hydrogen-bond acceptors (Lipinski definition) is 3. The molecule has 0 spiro atoms. The molecule has 3 nitrogen and oxygen atoms in total. The lowest BCUT2D eigenvalue weighted by atomic mass is 9.98. The van der Waals surface area contributed by atoms with Gasteiger partial charge in [-0.2, -0.15) is 0 Å². The minimum Gasteiger partial charge on any atom is -0.497 e. The molecule has 20 heavy (non-hydrogen) atoms. The zero-order valence-electron chi connectivity index (χ0n) is 12.5. The van der Waals surface area contributed by atoms with Crippen LogP contribution in [0.15, 0.2) is 22.7 Å². The first-order chi connectivity index (χ1) is 9.65. The van der Waals surface area contributed by atoms with Crippen LogP contribution in [0.5, 0.6) is 5.75 Å². The second-order valence-corrected chi connectivity index (χ2v) is 6.24. The van der Waals surface area contributed by atoms with Crippen molar-refractivity contribution < 1.29 is 9.47 Å². The van der Waals surface area contributed by atoms with Gasteiger partial charge in [0, 0.05) is 4.47 Å². The van der Waals surface area contributed by atoms with Crippen molar-refractivity contribution in [1.82, 2.24) is 5.32 Å². The summed E-state index contributed by atoms with van der Waals surface area (Å²) in [7, 11) is 1.69. The van der Waals surface area contributed by atoms with Crippen LogP contribution in [0.2, 0.25) is 0 Å². The minimum absolute atomic E-state index is 0.236. The molecule has 1 N–H and O–H groups in total. The molecule has 0 saturated carbocycles. The van der Waals surface area contributed by atoms with E-state index < -0.39 is 0 Å². The van der Waals surface area contributed by atoms with Gasteiger partial charge in [-0.3, -0.25) is 0 Å². The third-order valence-corrected chi connectivity index (χ3v) is 4.48. The minimum atomic E-state index is 0.236. The van der Waals surface area contributed by atoms with Crippen molar-refractivity contribution >= 4 is 15.9 Å². The largest absolute Gasteiger partial charge is 0.497 e. The lowest BCUT2D eigenvalue weighted by Gasteiger charge is -2.26. The highest BCUT2D eigenvalue weighted by Crippen LogP contribution is 2.35. The van der Waals surface area contributed by atoms with Crippen molar-refractivity contribution in [3.8, 4) is 5.75 Å². The maximum atomic E-state index is 6.07. The quantitative estimate of drug-likeness (QED) is 0.846. The van der Waals surface area contributed by atoms with Crippen LogP contribution in [0.1, 0.15) is 44.7 Å². The van der Waals surface area contributed by atoms with Crippen LogP contribution in [-0.4, -0.2) is 25.9 Å². The molecular formula is C16H24BrNO2. The van der Waals surface area contributed by atoms with E-state index in [2.05, 4.69) is 41.2 Å². The van der Waals surface area contributed by atoms with Gasteiger partial charge in [0.15, 0.2) is 0 Å². The fourth-order valence-electron chi connectivity index (χ4n) is 2.71. The van der Waals surface area contributed by atoms with Crippen molar-refractivity contribution in [2.45, 2.75) is 51.4 Å². The predicted octanol–water partition coefficient (Wildman–Crippen LogP) is 4.07. The van der Waals surface area contributed by atoms with Gasteiger partial charge in [-0.25, -0.2) is 0 Å². The Morgan fingerprint density at radius 1 is 1.45 bits per heavy atom. The van der Waals surface area contributed by atoms with E-state index in [-0.39, 0.29) is 12.1 Å². The van der Waals surface area contributed by atoms with E-state index in [0.717, 1.165) is 36.0 Å². The van der Waals surface area contributed by atoms with Crippen LogP contribution in [0.25, 0.3) is 0 Å². The van der Waals surface area contributed by atoms with E-state index in [0.29, 0.717) is 6.10 Å². The number of nitrogens with one attached hydrogen (secondary N) is 1. The van der Waals surface area contributed by atoms with Crippen LogP contribution in [0.3, 0.4) is 0 Å². The third kappa shape index (κ3) is 3.74. The first-order valence-corrected chi connectivity index (χ1v) is 8.17. The summed E-state index contributed by atoms with van der Waals surface area (Å²) in [6.45, 7) is 5.34. The van der Waals surface area contributed by atoms with Gasteiger partial charge < -0.3 is 14.8 Å². The van der Waals surface area contributed by atoms with Gasteiger partial charge in [-0.1, -0.05) is 28.9 Å². The van der Waals surface area contributed by atoms with E-state index in [1.165, 1.54) is 5.56 Å². The van der Waals surface area contributed by atoms with Crippen molar-refractivity contribution in [3.05, 3.63) is 28.2 Å². The van der Waals surface area contributed by atoms with Gasteiger partial charge in [-0.05, 0) is 50.4 Å². The Labute approximate surface area is 130 Å². The summed E-state index contributed by atoms with van der Waals surface area (Å²) in [6.07, 6.45) is 3.99. The monoisotopic (exact) mass is 341 g/mol. The highest BCUT2D eigenvalue weighted by atomic mass is 79.9. The molecule has 0 radical (unpaired) electrons. The zero-order chi connectivity index (χ0) is 14.5. The first-order valence-electron chi connectivity index (χ1n) is 7.38. The molecule has 1 aliphatic rings. The van der Waals surface area contributed by atoms with Crippen molar-refractivity contribution in [2.24, 2.45) is 0 Å². The van der Waals surface area contributed by atoms with Crippen LogP contribution >= 0.6 is 15.9 Å². The molecule has 0 bridgehead atoms. The molecule has 0 aromatic heterocycles. The maximum absolute atomic E-state index is 6.07. The summed E-state index contributed by atoms with van der Waals surface area (Å²) in [4.78, 5) is 0. The van der Waals surface area contributed by atoms with E-state index in [1.54, 1.807) is 7.11 Å². The predicted molar refractivity (Wildman–Crippen MR) is 85.3 cm³/mol. The highest BCUT2D eigenvalue weighted by Gasteiger charge is 2.31. The van der Waals surface area contributed by atoms with Gasteiger partial charge in [0.1, 0.15) is 5.75 Å². The standard InChI is InChI=1S/C16H24BrNO2/c1-4-9-18-16(15-8-5-11(2)20-15)13-7-6-12(19-3)10-14(13)17/h6-7,10-11,15-16,18H,4-5,8-9H2,1-3H3. The molecule has 1 fully saturated rings. The summed E-state index contributed by atoms with van der Waals surface area (Å²) < 4.78 is 12.4. The molecule has 3 atom stereocenters. The first kappa shape index (κ1) is 15.8. The van der Waals surface area contributed by atoms with Crippen molar-refractivity contribution in [1.29, 1.82) is 0 Å². The van der Waals surface area contributed by atoms with Gasteiger partial charge in [-0.15, -0.1) is 0 Å². The van der Waals surface area contributed by atoms with Crippen molar-refractivity contribution in [2.75, 3.05) is 13.7 Å². The van der Waals surface area contributed by atoms with Crippen LogP contribution in [0, 0.1) is 0 Å². The number of methoxy groups -OCH3 is 1. The highest BCUT2D eigenvalue weighted by molar-refractivity contribution is 9.10. The summed E-state index contributed by atoms with van der Waals surface area (Å²) in [6, 6.07) is 6.40. The number of halogens is 1. The Morgan fingerprint density at radius 2 is 2.25 bits per heavy atom. The van der Waals surface area contributed by atoms with E-state index in [1.807, 2.05) is 12.1 Å². The van der Waals surface area contributed by atoms with E-state index >= 15 is 0 Å². The number of hydrogen-bond donors (Lipinski definition) is 1. The van der Waals surface area contributed by atoms with Crippen LogP contribution in [-0.2, 0) is 4.74 Å². The molecule has 1 aromatic carbocycles. The lowest BCUT2D eigenvalue weighted by Crippen LogP contribution is -2.33. The van der Waals surface area contributed by atoms with Crippen molar-refractivity contribution in [3.63, 3.8) is 0 Å². The maximum Gasteiger partial charge on any atom is 0.120 e. The number of ether oxygens (including phenoxy) is 2. The Hall–Kier alpha value is -0.580. The Balaban J connectivity index is 2.21. The summed E-state index contributed by atoms with van der Waals surface area (Å²) in [5.41, 5.74) is 1.25. The molecule has 1 aliphatic heterocycles. The fourth-order valence-corrected chi connectivity index (χ4v) is 3.31.